The standard InChI is InChI=1S/C32H47NO6S/c1-8-21(2)17-22(3)23(4)29(34)33(27-18-26(11-13-31(5,6)7)40-28(27)30(35)36)24-9-14-32(37,15-10-24)20-39-25-12-16-38-19-25/h8,18,22-25,37H,9-10,12,14-17,19-20H2,1-7H3,(H,35,36)/b21-8-/t22-,23?,24?,25-,32?/m1/s1. The predicted molar refractivity (Wildman–Crippen MR) is 160 cm³/mol. The number of aromatic carboxylic acids is 1. The van der Waals surface area contributed by atoms with Crippen molar-refractivity contribution in [2.45, 2.75) is 105 Å². The fourth-order valence-corrected chi connectivity index (χ4v) is 6.09. The van der Waals surface area contributed by atoms with Crippen molar-refractivity contribution in [1.82, 2.24) is 0 Å². The van der Waals surface area contributed by atoms with E-state index in [4.69, 9.17) is 9.47 Å². The smallest absolute Gasteiger partial charge is 0.348 e. The number of ether oxygens (including phenoxy) is 2. The molecule has 8 heteroatoms. The van der Waals surface area contributed by atoms with Crippen LogP contribution >= 0.6 is 11.3 Å². The third-order valence-electron chi connectivity index (χ3n) is 8.07. The van der Waals surface area contributed by atoms with Gasteiger partial charge in [0.1, 0.15) is 4.88 Å². The number of aliphatic hydroxyl groups is 1. The highest BCUT2D eigenvalue weighted by Crippen LogP contribution is 2.39. The normalized spacial score (nSPS) is 25.1. The van der Waals surface area contributed by atoms with Gasteiger partial charge in [0, 0.05) is 24.0 Å². The van der Waals surface area contributed by atoms with E-state index in [1.165, 1.54) is 5.57 Å². The summed E-state index contributed by atoms with van der Waals surface area (Å²) in [5.41, 5.74) is 0.426. The molecule has 1 aromatic heterocycles. The first kappa shape index (κ1) is 32.3. The first-order valence-corrected chi connectivity index (χ1v) is 15.3. The molecule has 0 spiro atoms. The maximum Gasteiger partial charge on any atom is 0.348 e. The summed E-state index contributed by atoms with van der Waals surface area (Å²) in [6, 6.07) is 1.54. The molecule has 7 nitrogen and oxygen atoms in total. The molecule has 2 aliphatic rings. The monoisotopic (exact) mass is 573 g/mol. The molecular weight excluding hydrogens is 526 g/mol. The molecular formula is C32H47NO6S. The number of thiophene rings is 1. The zero-order valence-electron chi connectivity index (χ0n) is 25.2. The lowest BCUT2D eigenvalue weighted by Gasteiger charge is -2.42. The van der Waals surface area contributed by atoms with Gasteiger partial charge in [-0.25, -0.2) is 4.79 Å². The highest BCUT2D eigenvalue weighted by molar-refractivity contribution is 7.15. The van der Waals surface area contributed by atoms with E-state index in [0.29, 0.717) is 49.5 Å². The average molecular weight is 574 g/mol. The number of anilines is 1. The van der Waals surface area contributed by atoms with Gasteiger partial charge in [-0.05, 0) is 85.1 Å². The summed E-state index contributed by atoms with van der Waals surface area (Å²) in [5, 5.41) is 21.4. The van der Waals surface area contributed by atoms with Crippen LogP contribution in [0, 0.1) is 29.1 Å². The van der Waals surface area contributed by atoms with Gasteiger partial charge in [-0.1, -0.05) is 37.3 Å². The molecule has 0 bridgehead atoms. The Balaban J connectivity index is 1.91. The van der Waals surface area contributed by atoms with E-state index in [1.54, 1.807) is 11.0 Å². The Morgan fingerprint density at radius 1 is 1.27 bits per heavy atom. The van der Waals surface area contributed by atoms with Crippen LogP contribution in [0.1, 0.15) is 102 Å². The third-order valence-corrected chi connectivity index (χ3v) is 9.10. The number of rotatable bonds is 10. The molecule has 0 radical (unpaired) electrons. The van der Waals surface area contributed by atoms with Crippen molar-refractivity contribution in [3.8, 4) is 11.8 Å². The number of carbonyl (C=O) groups is 2. The number of amides is 1. The molecule has 1 aliphatic heterocycles. The Bertz CT molecular complexity index is 1120. The van der Waals surface area contributed by atoms with Crippen molar-refractivity contribution in [3.63, 3.8) is 0 Å². The van der Waals surface area contributed by atoms with Crippen molar-refractivity contribution in [2.75, 3.05) is 24.7 Å². The van der Waals surface area contributed by atoms with E-state index >= 15 is 0 Å². The molecule has 1 amide bonds. The summed E-state index contributed by atoms with van der Waals surface area (Å²) in [6.45, 7) is 15.6. The van der Waals surface area contributed by atoms with Crippen LogP contribution in [0.2, 0.25) is 0 Å². The van der Waals surface area contributed by atoms with E-state index in [1.807, 2.05) is 34.6 Å². The summed E-state index contributed by atoms with van der Waals surface area (Å²) in [5.74, 6) is 4.94. The summed E-state index contributed by atoms with van der Waals surface area (Å²) in [4.78, 5) is 29.1. The van der Waals surface area contributed by atoms with E-state index < -0.39 is 11.6 Å². The molecule has 3 rings (SSSR count). The number of hydrogen-bond acceptors (Lipinski definition) is 6. The molecule has 1 unspecified atom stereocenters. The fraction of sp³-hybridized carbons (Fsp3) is 0.688. The van der Waals surface area contributed by atoms with Gasteiger partial charge in [0.2, 0.25) is 5.91 Å². The minimum Gasteiger partial charge on any atom is -0.477 e. The maximum absolute atomic E-state index is 14.2. The lowest BCUT2D eigenvalue weighted by molar-refractivity contribution is -0.125. The molecule has 2 heterocycles. The number of hydrogen-bond donors (Lipinski definition) is 2. The van der Waals surface area contributed by atoms with E-state index in [0.717, 1.165) is 24.2 Å². The Labute approximate surface area is 243 Å². The molecule has 1 aliphatic carbocycles. The van der Waals surface area contributed by atoms with Gasteiger partial charge in [-0.2, -0.15) is 0 Å². The molecule has 0 aromatic carbocycles. The highest BCUT2D eigenvalue weighted by atomic mass is 32.1. The van der Waals surface area contributed by atoms with E-state index in [-0.39, 0.29) is 46.8 Å². The summed E-state index contributed by atoms with van der Waals surface area (Å²) in [7, 11) is 0. The number of allylic oxidation sites excluding steroid dienone is 2. The Morgan fingerprint density at radius 3 is 2.50 bits per heavy atom. The van der Waals surface area contributed by atoms with Crippen molar-refractivity contribution in [1.29, 1.82) is 0 Å². The minimum absolute atomic E-state index is 0.0133. The Morgan fingerprint density at radius 2 is 1.95 bits per heavy atom. The molecule has 1 saturated carbocycles. The Kier molecular flexibility index (Phi) is 11.0. The minimum atomic E-state index is -1.06. The lowest BCUT2D eigenvalue weighted by atomic mass is 9.81. The largest absolute Gasteiger partial charge is 0.477 e. The zero-order valence-corrected chi connectivity index (χ0v) is 26.0. The third kappa shape index (κ3) is 8.66. The Hall–Kier alpha value is -2.18. The molecule has 2 N–H and O–H groups in total. The van der Waals surface area contributed by atoms with Gasteiger partial charge in [-0.15, -0.1) is 11.3 Å². The lowest BCUT2D eigenvalue weighted by Crippen LogP contribution is -2.50. The number of carboxylic acid groups (broad SMARTS) is 1. The summed E-state index contributed by atoms with van der Waals surface area (Å²) < 4.78 is 11.3. The van der Waals surface area contributed by atoms with Gasteiger partial charge in [0.25, 0.3) is 0 Å². The van der Waals surface area contributed by atoms with Crippen LogP contribution in [0.3, 0.4) is 0 Å². The van der Waals surface area contributed by atoms with Gasteiger partial charge in [-0.3, -0.25) is 4.79 Å². The van der Waals surface area contributed by atoms with Gasteiger partial charge >= 0.3 is 5.97 Å². The van der Waals surface area contributed by atoms with Gasteiger partial charge in [0.05, 0.1) is 35.5 Å². The van der Waals surface area contributed by atoms with E-state index in [9.17, 15) is 19.8 Å². The molecule has 40 heavy (non-hydrogen) atoms. The van der Waals surface area contributed by atoms with E-state index in [2.05, 4.69) is 31.8 Å². The fourth-order valence-electron chi connectivity index (χ4n) is 5.24. The SMILES string of the molecule is C/C=C(/C)C[C@@H](C)C(C)C(=O)N(c1cc(C#CC(C)(C)C)sc1C(=O)O)C1CCC(O)(CO[C@@H]2CCOC2)CC1. The van der Waals surface area contributed by atoms with Crippen molar-refractivity contribution < 1.29 is 29.3 Å². The van der Waals surface area contributed by atoms with Crippen LogP contribution in [0.5, 0.6) is 0 Å². The van der Waals surface area contributed by atoms with Crippen molar-refractivity contribution in [2.24, 2.45) is 17.3 Å². The zero-order chi connectivity index (χ0) is 29.7. The topological polar surface area (TPSA) is 96.3 Å². The van der Waals surface area contributed by atoms with Crippen LogP contribution in [0.25, 0.3) is 0 Å². The predicted octanol–water partition coefficient (Wildman–Crippen LogP) is 6.28. The van der Waals surface area contributed by atoms with Gasteiger partial charge in [0.15, 0.2) is 0 Å². The van der Waals surface area contributed by atoms with Crippen molar-refractivity contribution >= 4 is 28.9 Å². The van der Waals surface area contributed by atoms with Crippen LogP contribution in [-0.4, -0.2) is 59.7 Å². The number of carbonyl (C=O) groups excluding carboxylic acids is 1. The van der Waals surface area contributed by atoms with Crippen molar-refractivity contribution in [3.05, 3.63) is 27.5 Å². The molecule has 2 fully saturated rings. The maximum atomic E-state index is 14.2. The number of nitrogens with zero attached hydrogens (tertiary/aromatic N) is 1. The average Bonchev–Trinajstić information content (AvgIpc) is 3.57. The summed E-state index contributed by atoms with van der Waals surface area (Å²) >= 11 is 1.12. The second kappa shape index (κ2) is 13.7. The molecule has 222 valence electrons. The summed E-state index contributed by atoms with van der Waals surface area (Å²) in [6.07, 6.45) is 5.76. The highest BCUT2D eigenvalue weighted by Gasteiger charge is 2.41. The quantitative estimate of drug-likeness (QED) is 0.252. The molecule has 1 aromatic rings. The van der Waals surface area contributed by atoms with Crippen LogP contribution in [0.4, 0.5) is 5.69 Å². The first-order valence-electron chi connectivity index (χ1n) is 14.5. The van der Waals surface area contributed by atoms with Crippen LogP contribution in [0.15, 0.2) is 17.7 Å². The molecule has 3 atom stereocenters. The number of carboxylic acids is 1. The van der Waals surface area contributed by atoms with Crippen LogP contribution in [-0.2, 0) is 14.3 Å². The first-order chi connectivity index (χ1) is 18.7. The second-order valence-electron chi connectivity index (χ2n) is 12.7. The van der Waals surface area contributed by atoms with Gasteiger partial charge < -0.3 is 24.6 Å². The molecule has 1 saturated heterocycles. The van der Waals surface area contributed by atoms with Crippen LogP contribution < -0.4 is 4.90 Å². The second-order valence-corrected chi connectivity index (χ2v) is 13.7.